The first-order valence-corrected chi connectivity index (χ1v) is 13.6. The van der Waals surface area contributed by atoms with Gasteiger partial charge < -0.3 is 24.3 Å². The summed E-state index contributed by atoms with van der Waals surface area (Å²) in [5, 5.41) is 5.08. The van der Waals surface area contributed by atoms with E-state index < -0.39 is 0 Å². The van der Waals surface area contributed by atoms with Crippen molar-refractivity contribution in [3.8, 4) is 5.75 Å². The molecule has 6 rings (SSSR count). The molecule has 9 heteroatoms. The third kappa shape index (κ3) is 4.61. The number of piperidine rings is 1. The van der Waals surface area contributed by atoms with Gasteiger partial charge in [-0.15, -0.1) is 0 Å². The van der Waals surface area contributed by atoms with Crippen LogP contribution in [0.15, 0.2) is 30.3 Å². The second-order valence-electron chi connectivity index (χ2n) is 10.7. The maximum atomic E-state index is 14.0. The van der Waals surface area contributed by atoms with E-state index in [9.17, 15) is 4.79 Å². The molecule has 1 unspecified atom stereocenters. The fourth-order valence-electron chi connectivity index (χ4n) is 5.54. The molecule has 0 N–H and O–H groups in total. The minimum atomic E-state index is -0.0824. The predicted molar refractivity (Wildman–Crippen MR) is 145 cm³/mol. The van der Waals surface area contributed by atoms with E-state index in [-0.39, 0.29) is 11.9 Å². The molecule has 1 amide bonds. The molecule has 3 aromatic rings. The fraction of sp³-hybridized carbons (Fsp3) is 0.536. The van der Waals surface area contributed by atoms with E-state index in [2.05, 4.69) is 40.9 Å². The molecule has 1 aromatic carbocycles. The van der Waals surface area contributed by atoms with Gasteiger partial charge in [0.25, 0.3) is 5.91 Å². The summed E-state index contributed by atoms with van der Waals surface area (Å²) in [6.45, 7) is 7.87. The van der Waals surface area contributed by atoms with Gasteiger partial charge in [-0.2, -0.15) is 9.61 Å². The lowest BCUT2D eigenvalue weighted by Crippen LogP contribution is -2.39. The van der Waals surface area contributed by atoms with Gasteiger partial charge in [-0.05, 0) is 51.8 Å². The van der Waals surface area contributed by atoms with Crippen LogP contribution in [0.1, 0.15) is 53.3 Å². The summed E-state index contributed by atoms with van der Waals surface area (Å²) in [6.07, 6.45) is 4.17. The molecule has 2 bridgehead atoms. The second-order valence-corrected chi connectivity index (χ2v) is 10.7. The van der Waals surface area contributed by atoms with Crippen LogP contribution < -0.4 is 14.5 Å². The quantitative estimate of drug-likeness (QED) is 0.504. The second kappa shape index (κ2) is 9.85. The lowest BCUT2D eigenvalue weighted by atomic mass is 9.97. The van der Waals surface area contributed by atoms with Gasteiger partial charge in [0.2, 0.25) is 0 Å². The number of likely N-dealkylation sites (N-methyl/N-ethyl adjacent to an activating group) is 2. The third-order valence-corrected chi connectivity index (χ3v) is 8.00. The number of anilines is 2. The normalized spacial score (nSPS) is 21.5. The average molecular weight is 504 g/mol. The number of benzene rings is 1. The maximum absolute atomic E-state index is 14.0. The molecule has 3 aliphatic heterocycles. The Labute approximate surface area is 218 Å². The van der Waals surface area contributed by atoms with Crippen LogP contribution in [0.2, 0.25) is 0 Å². The number of amides is 1. The van der Waals surface area contributed by atoms with Gasteiger partial charge in [0, 0.05) is 58.4 Å². The number of nitrogens with zero attached hydrogens (tertiary/aromatic N) is 7. The Kier molecular flexibility index (Phi) is 6.40. The van der Waals surface area contributed by atoms with E-state index >= 15 is 0 Å². The Bertz CT molecular complexity index is 1300. The summed E-state index contributed by atoms with van der Waals surface area (Å²) in [4.78, 5) is 27.9. The Morgan fingerprint density at radius 1 is 0.946 bits per heavy atom. The van der Waals surface area contributed by atoms with Crippen LogP contribution in [0.5, 0.6) is 5.75 Å². The molecular weight excluding hydrogens is 466 g/mol. The number of hydrogen-bond acceptors (Lipinski definition) is 7. The summed E-state index contributed by atoms with van der Waals surface area (Å²) in [5.41, 5.74) is 3.45. The minimum absolute atomic E-state index is 0.0208. The summed E-state index contributed by atoms with van der Waals surface area (Å²) >= 11 is 0. The van der Waals surface area contributed by atoms with Gasteiger partial charge in [-0.25, -0.2) is 4.98 Å². The highest BCUT2D eigenvalue weighted by Crippen LogP contribution is 2.35. The molecule has 0 saturated carbocycles. The van der Waals surface area contributed by atoms with Gasteiger partial charge in [0.05, 0.1) is 17.3 Å². The number of carbonyl (C=O) groups excluding carboxylic acids is 1. The van der Waals surface area contributed by atoms with Crippen molar-refractivity contribution in [2.75, 3.05) is 69.8 Å². The summed E-state index contributed by atoms with van der Waals surface area (Å²) < 4.78 is 8.17. The van der Waals surface area contributed by atoms with Crippen molar-refractivity contribution in [3.63, 3.8) is 0 Å². The molecule has 1 atom stereocenters. The van der Waals surface area contributed by atoms with Crippen LogP contribution in [-0.4, -0.2) is 90.3 Å². The Morgan fingerprint density at radius 3 is 2.62 bits per heavy atom. The summed E-state index contributed by atoms with van der Waals surface area (Å²) in [5.74, 6) is 2.72. The maximum Gasteiger partial charge on any atom is 0.258 e. The van der Waals surface area contributed by atoms with Crippen LogP contribution in [-0.2, 0) is 0 Å². The van der Waals surface area contributed by atoms with Crippen LogP contribution in [0, 0.1) is 6.92 Å². The standard InChI is InChI=1S/C28H37N7O2/c1-20-8-9-24-21(17-20)28(36)34-12-5-4-7-23(34)22-18-26-29-25(33-10-6-11-33)19-27(35(26)30-22)32(3)14-13-31(2)15-16-37-24/h8-9,17-19,23H,4-7,10-16H2,1-3H3. The van der Waals surface area contributed by atoms with E-state index in [0.29, 0.717) is 24.5 Å². The number of fused-ring (bicyclic) bond motifs is 4. The van der Waals surface area contributed by atoms with E-state index in [1.54, 1.807) is 0 Å². The molecule has 0 spiro atoms. The monoisotopic (exact) mass is 503 g/mol. The third-order valence-electron chi connectivity index (χ3n) is 8.00. The van der Waals surface area contributed by atoms with Crippen LogP contribution in [0.4, 0.5) is 11.6 Å². The van der Waals surface area contributed by atoms with Gasteiger partial charge in [-0.1, -0.05) is 11.6 Å². The highest BCUT2D eigenvalue weighted by molar-refractivity contribution is 5.97. The topological polar surface area (TPSA) is 69.5 Å². The number of hydrogen-bond donors (Lipinski definition) is 0. The molecular formula is C28H37N7O2. The fourth-order valence-corrected chi connectivity index (χ4v) is 5.54. The number of aryl methyl sites for hydroxylation is 1. The average Bonchev–Trinajstić information content (AvgIpc) is 3.30. The lowest BCUT2D eigenvalue weighted by molar-refractivity contribution is 0.0601. The molecule has 0 aliphatic carbocycles. The van der Waals surface area contributed by atoms with Crippen molar-refractivity contribution < 1.29 is 9.53 Å². The first kappa shape index (κ1) is 24.0. The molecule has 3 aliphatic rings. The van der Waals surface area contributed by atoms with Crippen molar-refractivity contribution in [2.45, 2.75) is 38.6 Å². The predicted octanol–water partition coefficient (Wildman–Crippen LogP) is 3.38. The number of carbonyl (C=O) groups is 1. The van der Waals surface area contributed by atoms with Gasteiger partial charge in [0.15, 0.2) is 5.65 Å². The van der Waals surface area contributed by atoms with Crippen LogP contribution >= 0.6 is 0 Å². The molecule has 9 nitrogen and oxygen atoms in total. The summed E-state index contributed by atoms with van der Waals surface area (Å²) in [7, 11) is 4.23. The van der Waals surface area contributed by atoms with E-state index in [4.69, 9.17) is 14.8 Å². The van der Waals surface area contributed by atoms with Gasteiger partial charge in [-0.3, -0.25) is 4.79 Å². The first-order valence-electron chi connectivity index (χ1n) is 13.6. The zero-order valence-corrected chi connectivity index (χ0v) is 22.2. The zero-order chi connectivity index (χ0) is 25.5. The molecule has 2 saturated heterocycles. The zero-order valence-electron chi connectivity index (χ0n) is 22.2. The molecule has 2 aromatic heterocycles. The van der Waals surface area contributed by atoms with Crippen LogP contribution in [0.25, 0.3) is 5.65 Å². The minimum Gasteiger partial charge on any atom is -0.491 e. The highest BCUT2D eigenvalue weighted by Gasteiger charge is 2.33. The Hall–Kier alpha value is -3.33. The highest BCUT2D eigenvalue weighted by atomic mass is 16.5. The van der Waals surface area contributed by atoms with E-state index in [1.807, 2.05) is 34.5 Å². The van der Waals surface area contributed by atoms with Crippen molar-refractivity contribution in [3.05, 3.63) is 47.2 Å². The van der Waals surface area contributed by atoms with Crippen molar-refractivity contribution in [1.29, 1.82) is 0 Å². The number of ether oxygens (including phenoxy) is 1. The van der Waals surface area contributed by atoms with E-state index in [1.165, 1.54) is 6.42 Å². The van der Waals surface area contributed by atoms with E-state index in [0.717, 1.165) is 80.5 Å². The Morgan fingerprint density at radius 2 is 1.81 bits per heavy atom. The summed E-state index contributed by atoms with van der Waals surface area (Å²) in [6, 6.07) is 10.1. The van der Waals surface area contributed by atoms with Crippen molar-refractivity contribution in [2.24, 2.45) is 0 Å². The van der Waals surface area contributed by atoms with Gasteiger partial charge >= 0.3 is 0 Å². The smallest absolute Gasteiger partial charge is 0.258 e. The molecule has 2 fully saturated rings. The van der Waals surface area contributed by atoms with Crippen LogP contribution in [0.3, 0.4) is 0 Å². The SMILES string of the molecule is Cc1ccc2c(c1)C(=O)N1CCCCC1c1cc3nc(N4CCC4)cc(n3n1)N(C)CCN(C)CCO2. The molecule has 37 heavy (non-hydrogen) atoms. The molecule has 5 heterocycles. The number of aromatic nitrogens is 3. The largest absolute Gasteiger partial charge is 0.491 e. The first-order chi connectivity index (χ1) is 18.0. The van der Waals surface area contributed by atoms with Crippen molar-refractivity contribution >= 4 is 23.2 Å². The van der Waals surface area contributed by atoms with Gasteiger partial charge in [0.1, 0.15) is 24.0 Å². The lowest BCUT2D eigenvalue weighted by Gasteiger charge is -2.35. The van der Waals surface area contributed by atoms with Crippen molar-refractivity contribution in [1.82, 2.24) is 24.4 Å². The number of rotatable bonds is 1. The molecule has 196 valence electrons. The Balaban J connectivity index is 1.46. The molecule has 0 radical (unpaired) electrons.